The van der Waals surface area contributed by atoms with Gasteiger partial charge in [0.1, 0.15) is 0 Å². The minimum Gasteiger partial charge on any atom is -0.481 e. The van der Waals surface area contributed by atoms with Gasteiger partial charge in [0.05, 0.1) is 22.7 Å². The van der Waals surface area contributed by atoms with Gasteiger partial charge >= 0.3 is 5.97 Å². The van der Waals surface area contributed by atoms with Gasteiger partial charge in [-0.15, -0.1) is 0 Å². The number of halogens is 1. The average Bonchev–Trinajstić information content (AvgIpc) is 2.30. The van der Waals surface area contributed by atoms with Gasteiger partial charge in [0.25, 0.3) is 0 Å². The molecule has 5 heteroatoms. The van der Waals surface area contributed by atoms with Gasteiger partial charge in [0, 0.05) is 5.69 Å². The van der Waals surface area contributed by atoms with E-state index in [0.717, 1.165) is 9.26 Å². The van der Waals surface area contributed by atoms with Crippen molar-refractivity contribution < 1.29 is 9.90 Å². The Hall–Kier alpha value is -0.590. The molecule has 0 fully saturated rings. The number of hydrogen-bond acceptors (Lipinski definition) is 2. The van der Waals surface area contributed by atoms with Crippen molar-refractivity contribution in [3.05, 3.63) is 15.5 Å². The minimum atomic E-state index is -0.792. The molecule has 66 valence electrons. The maximum atomic E-state index is 10.2. The summed E-state index contributed by atoms with van der Waals surface area (Å²) in [5, 5.41) is 12.5. The highest BCUT2D eigenvalue weighted by atomic mass is 127. The van der Waals surface area contributed by atoms with E-state index < -0.39 is 5.97 Å². The van der Waals surface area contributed by atoms with E-state index >= 15 is 0 Å². The first-order chi connectivity index (χ1) is 5.61. The molecule has 0 aromatic carbocycles. The zero-order valence-corrected chi connectivity index (χ0v) is 8.78. The second kappa shape index (κ2) is 3.88. The first-order valence-electron chi connectivity index (χ1n) is 3.51. The summed E-state index contributed by atoms with van der Waals surface area (Å²) in [7, 11) is 0. The summed E-state index contributed by atoms with van der Waals surface area (Å²) in [6, 6.07) is 0. The van der Waals surface area contributed by atoms with Gasteiger partial charge < -0.3 is 5.11 Å². The van der Waals surface area contributed by atoms with Crippen molar-refractivity contribution in [2.75, 3.05) is 0 Å². The Bertz CT molecular complexity index is 296. The normalized spacial score (nSPS) is 10.2. The van der Waals surface area contributed by atoms with Crippen LogP contribution in [-0.4, -0.2) is 20.9 Å². The Morgan fingerprint density at radius 1 is 1.83 bits per heavy atom. The monoisotopic (exact) mass is 280 g/mol. The van der Waals surface area contributed by atoms with E-state index in [1.807, 2.05) is 6.92 Å². The fraction of sp³-hybridized carbons (Fsp3) is 0.429. The molecule has 0 aliphatic rings. The molecule has 0 radical (unpaired) electrons. The van der Waals surface area contributed by atoms with Crippen LogP contribution in [0.15, 0.2) is 6.20 Å². The number of rotatable bonds is 3. The number of carbonyl (C=O) groups is 1. The molecule has 1 rings (SSSR count). The predicted molar refractivity (Wildman–Crippen MR) is 51.9 cm³/mol. The Morgan fingerprint density at radius 2 is 2.50 bits per heavy atom. The zero-order chi connectivity index (χ0) is 9.14. The summed E-state index contributed by atoms with van der Waals surface area (Å²) in [5.74, 6) is -0.792. The number of aryl methyl sites for hydroxylation is 1. The Labute approximate surface area is 83.7 Å². The maximum absolute atomic E-state index is 10.2. The van der Waals surface area contributed by atoms with Crippen LogP contribution in [-0.2, 0) is 11.3 Å². The van der Waals surface area contributed by atoms with E-state index in [1.54, 1.807) is 10.9 Å². The first-order valence-corrected chi connectivity index (χ1v) is 4.59. The van der Waals surface area contributed by atoms with Crippen LogP contribution in [0, 0.1) is 10.5 Å². The van der Waals surface area contributed by atoms with Crippen molar-refractivity contribution in [2.45, 2.75) is 19.9 Å². The molecular weight excluding hydrogens is 271 g/mol. The fourth-order valence-corrected chi connectivity index (χ4v) is 1.25. The SMILES string of the molecule is Cc1c(I)cnn1CCC(=O)O. The third kappa shape index (κ3) is 2.20. The maximum Gasteiger partial charge on any atom is 0.305 e. The number of nitrogens with zero attached hydrogens (tertiary/aromatic N) is 2. The lowest BCUT2D eigenvalue weighted by atomic mass is 10.4. The third-order valence-corrected chi connectivity index (χ3v) is 2.64. The highest BCUT2D eigenvalue weighted by molar-refractivity contribution is 14.1. The average molecular weight is 280 g/mol. The van der Waals surface area contributed by atoms with Gasteiger partial charge in [-0.3, -0.25) is 9.48 Å². The van der Waals surface area contributed by atoms with Gasteiger partial charge in [0.2, 0.25) is 0 Å². The van der Waals surface area contributed by atoms with Crippen molar-refractivity contribution in [1.29, 1.82) is 0 Å². The standard InChI is InChI=1S/C7H9IN2O2/c1-5-6(8)4-9-10(5)3-2-7(11)12/h4H,2-3H2,1H3,(H,11,12). The van der Waals surface area contributed by atoms with Gasteiger partial charge in [-0.2, -0.15) is 5.10 Å². The van der Waals surface area contributed by atoms with E-state index in [1.165, 1.54) is 0 Å². The Kier molecular flexibility index (Phi) is 3.07. The van der Waals surface area contributed by atoms with E-state index in [0.29, 0.717) is 6.54 Å². The molecule has 12 heavy (non-hydrogen) atoms. The first kappa shape index (κ1) is 9.50. The molecule has 4 nitrogen and oxygen atoms in total. The van der Waals surface area contributed by atoms with Crippen LogP contribution >= 0.6 is 22.6 Å². The van der Waals surface area contributed by atoms with Crippen LogP contribution in [0.5, 0.6) is 0 Å². The molecule has 1 aromatic heterocycles. The van der Waals surface area contributed by atoms with Crippen LogP contribution in [0.1, 0.15) is 12.1 Å². The van der Waals surface area contributed by atoms with Crippen molar-refractivity contribution in [3.8, 4) is 0 Å². The van der Waals surface area contributed by atoms with Gasteiger partial charge in [-0.05, 0) is 29.5 Å². The molecule has 1 aromatic rings. The van der Waals surface area contributed by atoms with Crippen molar-refractivity contribution in [2.24, 2.45) is 0 Å². The second-order valence-electron chi connectivity index (χ2n) is 2.44. The highest BCUT2D eigenvalue weighted by Gasteiger charge is 2.04. The minimum absolute atomic E-state index is 0.124. The second-order valence-corrected chi connectivity index (χ2v) is 3.61. The summed E-state index contributed by atoms with van der Waals surface area (Å²) in [6.45, 7) is 2.38. The van der Waals surface area contributed by atoms with Gasteiger partial charge in [0.15, 0.2) is 0 Å². The zero-order valence-electron chi connectivity index (χ0n) is 6.62. The molecule has 1 heterocycles. The number of aromatic nitrogens is 2. The lowest BCUT2D eigenvalue weighted by molar-refractivity contribution is -0.137. The fourth-order valence-electron chi connectivity index (χ4n) is 0.851. The van der Waals surface area contributed by atoms with E-state index in [-0.39, 0.29) is 6.42 Å². The van der Waals surface area contributed by atoms with Crippen LogP contribution < -0.4 is 0 Å². The Balaban J connectivity index is 2.63. The molecule has 0 saturated heterocycles. The molecule has 0 saturated carbocycles. The molecule has 0 aliphatic carbocycles. The molecule has 0 unspecified atom stereocenters. The largest absolute Gasteiger partial charge is 0.481 e. The van der Waals surface area contributed by atoms with Crippen molar-refractivity contribution in [1.82, 2.24) is 9.78 Å². The third-order valence-electron chi connectivity index (χ3n) is 1.58. The topological polar surface area (TPSA) is 55.1 Å². The lowest BCUT2D eigenvalue weighted by Gasteiger charge is -2.00. The van der Waals surface area contributed by atoms with Crippen LogP contribution in [0.3, 0.4) is 0 Å². The molecule has 0 bridgehead atoms. The number of aliphatic carboxylic acids is 1. The summed E-state index contributed by atoms with van der Waals surface area (Å²) in [6.07, 6.45) is 1.86. The van der Waals surface area contributed by atoms with E-state index in [4.69, 9.17) is 5.11 Å². The molecular formula is C7H9IN2O2. The number of hydrogen-bond donors (Lipinski definition) is 1. The van der Waals surface area contributed by atoms with Gasteiger partial charge in [-0.25, -0.2) is 0 Å². The summed E-state index contributed by atoms with van der Waals surface area (Å²) in [5.41, 5.74) is 1.02. The predicted octanol–water partition coefficient (Wildman–Crippen LogP) is 1.27. The summed E-state index contributed by atoms with van der Waals surface area (Å²) < 4.78 is 2.77. The molecule has 0 amide bonds. The Morgan fingerprint density at radius 3 is 2.92 bits per heavy atom. The van der Waals surface area contributed by atoms with Crippen LogP contribution in [0.25, 0.3) is 0 Å². The van der Waals surface area contributed by atoms with E-state index in [2.05, 4.69) is 27.7 Å². The molecule has 1 N–H and O–H groups in total. The van der Waals surface area contributed by atoms with Crippen LogP contribution in [0.2, 0.25) is 0 Å². The number of carboxylic acid groups (broad SMARTS) is 1. The van der Waals surface area contributed by atoms with Gasteiger partial charge in [-0.1, -0.05) is 0 Å². The van der Waals surface area contributed by atoms with Crippen molar-refractivity contribution in [3.63, 3.8) is 0 Å². The summed E-state index contributed by atoms with van der Waals surface area (Å²) in [4.78, 5) is 10.2. The lowest BCUT2D eigenvalue weighted by Crippen LogP contribution is -2.07. The number of carboxylic acids is 1. The highest BCUT2D eigenvalue weighted by Crippen LogP contribution is 2.09. The van der Waals surface area contributed by atoms with Crippen LogP contribution in [0.4, 0.5) is 0 Å². The molecule has 0 aliphatic heterocycles. The summed E-state index contributed by atoms with van der Waals surface area (Å²) >= 11 is 2.17. The van der Waals surface area contributed by atoms with E-state index in [9.17, 15) is 4.79 Å². The quantitative estimate of drug-likeness (QED) is 0.848. The molecule has 0 atom stereocenters. The smallest absolute Gasteiger partial charge is 0.305 e. The van der Waals surface area contributed by atoms with Crippen molar-refractivity contribution >= 4 is 28.6 Å². The molecule has 0 spiro atoms.